The number of carbonyl (C=O) groups excluding carboxylic acids is 1. The molecule has 0 aliphatic heterocycles. The average Bonchev–Trinajstić information content (AvgIpc) is 2.77. The lowest BCUT2D eigenvalue weighted by Crippen LogP contribution is -2.16. The van der Waals surface area contributed by atoms with E-state index in [0.29, 0.717) is 18.7 Å². The van der Waals surface area contributed by atoms with Crippen LogP contribution in [0.1, 0.15) is 17.7 Å². The molecule has 0 saturated carbocycles. The van der Waals surface area contributed by atoms with Crippen LogP contribution in [-0.4, -0.2) is 15.7 Å². The van der Waals surface area contributed by atoms with Gasteiger partial charge in [0.1, 0.15) is 0 Å². The van der Waals surface area contributed by atoms with Gasteiger partial charge in [0.15, 0.2) is 0 Å². The molecule has 1 aromatic carbocycles. The van der Waals surface area contributed by atoms with Crippen molar-refractivity contribution >= 4 is 17.3 Å². The second-order valence-corrected chi connectivity index (χ2v) is 4.57. The summed E-state index contributed by atoms with van der Waals surface area (Å²) in [6, 6.07) is 7.40. The topological polar surface area (TPSA) is 72.9 Å². The molecule has 19 heavy (non-hydrogen) atoms. The molecule has 2 rings (SSSR count). The van der Waals surface area contributed by atoms with Crippen molar-refractivity contribution in [3.8, 4) is 0 Å². The third-order valence-electron chi connectivity index (χ3n) is 3.02. The van der Waals surface area contributed by atoms with Crippen molar-refractivity contribution in [3.05, 3.63) is 41.7 Å². The summed E-state index contributed by atoms with van der Waals surface area (Å²) in [6.07, 6.45) is 2.12. The lowest BCUT2D eigenvalue weighted by molar-refractivity contribution is -0.116. The molecule has 2 aromatic rings. The van der Waals surface area contributed by atoms with Crippen LogP contribution in [0.3, 0.4) is 0 Å². The largest absolute Gasteiger partial charge is 0.399 e. The Kier molecular flexibility index (Phi) is 3.85. The number of anilines is 2. The Balaban J connectivity index is 1.94. The number of nitrogen functional groups attached to an aromatic ring is 1. The first kappa shape index (κ1) is 13.1. The summed E-state index contributed by atoms with van der Waals surface area (Å²) in [4.78, 5) is 11.9. The summed E-state index contributed by atoms with van der Waals surface area (Å²) < 4.78 is 1.81. The number of nitrogens with zero attached hydrogens (tertiary/aromatic N) is 2. The van der Waals surface area contributed by atoms with Gasteiger partial charge in [-0.25, -0.2) is 0 Å². The molecule has 3 N–H and O–H groups in total. The van der Waals surface area contributed by atoms with Crippen molar-refractivity contribution < 1.29 is 4.79 Å². The standard InChI is InChI=1S/C14H18N4O/c1-10-3-4-12(15)9-13(10)17-14(19)6-8-18-11(2)5-7-16-18/h3-5,7,9H,6,8,15H2,1-2H3,(H,17,19). The molecule has 1 amide bonds. The molecule has 0 aliphatic rings. The van der Waals surface area contributed by atoms with E-state index in [0.717, 1.165) is 16.9 Å². The molecular formula is C14H18N4O. The second kappa shape index (κ2) is 5.56. The molecule has 0 saturated heterocycles. The monoisotopic (exact) mass is 258 g/mol. The van der Waals surface area contributed by atoms with E-state index in [2.05, 4.69) is 10.4 Å². The fraction of sp³-hybridized carbons (Fsp3) is 0.286. The Morgan fingerprint density at radius 2 is 2.16 bits per heavy atom. The molecule has 1 aromatic heterocycles. The number of amides is 1. The number of rotatable bonds is 4. The van der Waals surface area contributed by atoms with Crippen LogP contribution >= 0.6 is 0 Å². The lowest BCUT2D eigenvalue weighted by atomic mass is 10.2. The highest BCUT2D eigenvalue weighted by Gasteiger charge is 2.06. The molecular weight excluding hydrogens is 240 g/mol. The number of aromatic nitrogens is 2. The van der Waals surface area contributed by atoms with E-state index in [4.69, 9.17) is 5.73 Å². The number of nitrogens with two attached hydrogens (primary N) is 1. The maximum absolute atomic E-state index is 11.9. The molecule has 5 nitrogen and oxygen atoms in total. The van der Waals surface area contributed by atoms with E-state index in [-0.39, 0.29) is 5.91 Å². The van der Waals surface area contributed by atoms with Gasteiger partial charge in [-0.05, 0) is 37.6 Å². The normalized spacial score (nSPS) is 10.4. The van der Waals surface area contributed by atoms with Crippen LogP contribution < -0.4 is 11.1 Å². The summed E-state index contributed by atoms with van der Waals surface area (Å²) in [5, 5.41) is 7.02. The predicted octanol–water partition coefficient (Wildman–Crippen LogP) is 2.11. The van der Waals surface area contributed by atoms with Gasteiger partial charge >= 0.3 is 0 Å². The van der Waals surface area contributed by atoms with Crippen molar-refractivity contribution in [1.82, 2.24) is 9.78 Å². The van der Waals surface area contributed by atoms with Crippen LogP contribution in [0.2, 0.25) is 0 Å². The fourth-order valence-corrected chi connectivity index (χ4v) is 1.83. The van der Waals surface area contributed by atoms with Gasteiger partial charge in [0.25, 0.3) is 0 Å². The lowest BCUT2D eigenvalue weighted by Gasteiger charge is -2.09. The molecule has 0 atom stereocenters. The minimum Gasteiger partial charge on any atom is -0.399 e. The van der Waals surface area contributed by atoms with Crippen molar-refractivity contribution in [2.75, 3.05) is 11.1 Å². The Morgan fingerprint density at radius 1 is 1.37 bits per heavy atom. The van der Waals surface area contributed by atoms with Gasteiger partial charge in [-0.3, -0.25) is 9.48 Å². The van der Waals surface area contributed by atoms with E-state index >= 15 is 0 Å². The number of hydrogen-bond acceptors (Lipinski definition) is 3. The highest BCUT2D eigenvalue weighted by molar-refractivity contribution is 5.91. The SMILES string of the molecule is Cc1ccc(N)cc1NC(=O)CCn1nccc1C. The zero-order valence-corrected chi connectivity index (χ0v) is 11.2. The van der Waals surface area contributed by atoms with Crippen LogP contribution in [0, 0.1) is 13.8 Å². The fourth-order valence-electron chi connectivity index (χ4n) is 1.83. The second-order valence-electron chi connectivity index (χ2n) is 4.57. The maximum Gasteiger partial charge on any atom is 0.226 e. The van der Waals surface area contributed by atoms with E-state index < -0.39 is 0 Å². The number of benzene rings is 1. The summed E-state index contributed by atoms with van der Waals surface area (Å²) in [6.45, 7) is 4.48. The van der Waals surface area contributed by atoms with Crippen molar-refractivity contribution in [2.45, 2.75) is 26.8 Å². The summed E-state index contributed by atoms with van der Waals surface area (Å²) in [5.41, 5.74) is 9.16. The first-order valence-corrected chi connectivity index (χ1v) is 6.20. The van der Waals surface area contributed by atoms with Gasteiger partial charge in [0.05, 0.1) is 0 Å². The molecule has 1 heterocycles. The van der Waals surface area contributed by atoms with Gasteiger partial charge in [0, 0.05) is 36.2 Å². The molecule has 5 heteroatoms. The van der Waals surface area contributed by atoms with E-state index in [1.54, 1.807) is 12.3 Å². The van der Waals surface area contributed by atoms with E-state index in [1.807, 2.05) is 36.7 Å². The van der Waals surface area contributed by atoms with Crippen LogP contribution in [0.4, 0.5) is 11.4 Å². The molecule has 100 valence electrons. The Labute approximate surface area is 112 Å². The van der Waals surface area contributed by atoms with Gasteiger partial charge in [-0.2, -0.15) is 5.10 Å². The van der Waals surface area contributed by atoms with Crippen molar-refractivity contribution in [1.29, 1.82) is 0 Å². The number of nitrogens with one attached hydrogen (secondary N) is 1. The van der Waals surface area contributed by atoms with Gasteiger partial charge in [-0.15, -0.1) is 0 Å². The molecule has 0 aliphatic carbocycles. The third-order valence-corrected chi connectivity index (χ3v) is 3.02. The third kappa shape index (κ3) is 3.34. The minimum absolute atomic E-state index is 0.0383. The molecule has 0 fully saturated rings. The van der Waals surface area contributed by atoms with Crippen LogP contribution in [0.15, 0.2) is 30.5 Å². The van der Waals surface area contributed by atoms with Crippen LogP contribution in [0.5, 0.6) is 0 Å². The maximum atomic E-state index is 11.9. The molecule has 0 bridgehead atoms. The first-order valence-electron chi connectivity index (χ1n) is 6.20. The Bertz CT molecular complexity index is 589. The summed E-state index contributed by atoms with van der Waals surface area (Å²) >= 11 is 0. The van der Waals surface area contributed by atoms with Gasteiger partial charge < -0.3 is 11.1 Å². The predicted molar refractivity (Wildman–Crippen MR) is 75.8 cm³/mol. The minimum atomic E-state index is -0.0383. The molecule has 0 spiro atoms. The molecule has 0 unspecified atom stereocenters. The van der Waals surface area contributed by atoms with Crippen LogP contribution in [-0.2, 0) is 11.3 Å². The van der Waals surface area contributed by atoms with E-state index in [1.165, 1.54) is 0 Å². The number of hydrogen-bond donors (Lipinski definition) is 2. The zero-order chi connectivity index (χ0) is 13.8. The summed E-state index contributed by atoms with van der Waals surface area (Å²) in [5.74, 6) is -0.0383. The Hall–Kier alpha value is -2.30. The first-order chi connectivity index (χ1) is 9.06. The average molecular weight is 258 g/mol. The van der Waals surface area contributed by atoms with E-state index in [9.17, 15) is 4.79 Å². The van der Waals surface area contributed by atoms with Gasteiger partial charge in [-0.1, -0.05) is 6.07 Å². The zero-order valence-electron chi connectivity index (χ0n) is 11.2. The smallest absolute Gasteiger partial charge is 0.226 e. The van der Waals surface area contributed by atoms with Crippen LogP contribution in [0.25, 0.3) is 0 Å². The van der Waals surface area contributed by atoms with Gasteiger partial charge in [0.2, 0.25) is 5.91 Å². The quantitative estimate of drug-likeness (QED) is 0.825. The highest BCUT2D eigenvalue weighted by atomic mass is 16.1. The van der Waals surface area contributed by atoms with Crippen molar-refractivity contribution in [2.24, 2.45) is 0 Å². The van der Waals surface area contributed by atoms with Crippen molar-refractivity contribution in [3.63, 3.8) is 0 Å². The molecule has 0 radical (unpaired) electrons. The number of aryl methyl sites for hydroxylation is 3. The summed E-state index contributed by atoms with van der Waals surface area (Å²) in [7, 11) is 0. The number of carbonyl (C=O) groups is 1. The highest BCUT2D eigenvalue weighted by Crippen LogP contribution is 2.18. The Morgan fingerprint density at radius 3 is 2.84 bits per heavy atom.